The molecule has 0 radical (unpaired) electrons. The lowest BCUT2D eigenvalue weighted by Gasteiger charge is -2.23. The first-order valence-corrected chi connectivity index (χ1v) is 14.5. The summed E-state index contributed by atoms with van der Waals surface area (Å²) in [5, 5.41) is 0.488. The number of likely N-dealkylation sites (N-methyl/N-ethyl adjacent to an activating group) is 1. The molecule has 0 saturated carbocycles. The zero-order valence-corrected chi connectivity index (χ0v) is 24.8. The quantitative estimate of drug-likeness (QED) is 0.268. The van der Waals surface area contributed by atoms with Crippen LogP contribution in [0.15, 0.2) is 41.3 Å². The molecule has 13 heteroatoms. The van der Waals surface area contributed by atoms with Crippen LogP contribution in [0.1, 0.15) is 10.4 Å². The van der Waals surface area contributed by atoms with Gasteiger partial charge in [-0.25, -0.2) is 13.4 Å². The standard InChI is InChI=1S/C26H36N4O7S2/c1-28(2)13-14-30(26-27-23-21(36-5)11-12-22(37-6)24(23)38-26)25(31)19-7-9-20(10-8-19)39(32,33)29(15-17-34-3)16-18-35-4/h7-12H,13-18H2,1-6H3. The highest BCUT2D eigenvalue weighted by Crippen LogP contribution is 2.40. The van der Waals surface area contributed by atoms with Crippen molar-refractivity contribution in [3.63, 3.8) is 0 Å². The van der Waals surface area contributed by atoms with Gasteiger partial charge in [-0.1, -0.05) is 11.3 Å². The summed E-state index contributed by atoms with van der Waals surface area (Å²) in [4.78, 5) is 22.1. The summed E-state index contributed by atoms with van der Waals surface area (Å²) in [6.07, 6.45) is 0. The first-order chi connectivity index (χ1) is 18.7. The Hall–Kier alpha value is -2.81. The molecule has 0 aliphatic carbocycles. The van der Waals surface area contributed by atoms with Crippen LogP contribution in [0, 0.1) is 0 Å². The van der Waals surface area contributed by atoms with Crippen LogP contribution in [0.3, 0.4) is 0 Å². The van der Waals surface area contributed by atoms with E-state index in [2.05, 4.69) is 0 Å². The smallest absolute Gasteiger partial charge is 0.260 e. The van der Waals surface area contributed by atoms with Gasteiger partial charge in [0.25, 0.3) is 5.91 Å². The third-order valence-electron chi connectivity index (χ3n) is 5.97. The lowest BCUT2D eigenvalue weighted by atomic mass is 10.2. The molecule has 3 aromatic rings. The molecule has 0 saturated heterocycles. The fourth-order valence-electron chi connectivity index (χ4n) is 3.79. The van der Waals surface area contributed by atoms with Crippen LogP contribution >= 0.6 is 11.3 Å². The van der Waals surface area contributed by atoms with Gasteiger partial charge in [-0.2, -0.15) is 4.31 Å². The number of methoxy groups -OCH3 is 4. The second kappa shape index (κ2) is 14.0. The highest BCUT2D eigenvalue weighted by atomic mass is 32.2. The topological polar surface area (TPSA) is 111 Å². The van der Waals surface area contributed by atoms with Gasteiger partial charge in [0, 0.05) is 46.0 Å². The lowest BCUT2D eigenvalue weighted by molar-refractivity contribution is 0.0985. The molecule has 11 nitrogen and oxygen atoms in total. The predicted octanol–water partition coefficient (Wildman–Crippen LogP) is 2.81. The number of amides is 1. The van der Waals surface area contributed by atoms with E-state index in [9.17, 15) is 13.2 Å². The van der Waals surface area contributed by atoms with E-state index in [1.54, 1.807) is 31.3 Å². The van der Waals surface area contributed by atoms with Crippen LogP contribution in [-0.4, -0.2) is 110 Å². The summed E-state index contributed by atoms with van der Waals surface area (Å²) < 4.78 is 49.7. The Bertz CT molecular complexity index is 1300. The molecule has 1 aromatic heterocycles. The third kappa shape index (κ3) is 7.24. The number of rotatable bonds is 15. The molecule has 0 aliphatic heterocycles. The number of benzene rings is 2. The molecule has 1 amide bonds. The molecule has 0 unspecified atom stereocenters. The third-order valence-corrected chi connectivity index (χ3v) is 8.98. The van der Waals surface area contributed by atoms with Gasteiger partial charge in [-0.3, -0.25) is 9.69 Å². The summed E-state index contributed by atoms with van der Waals surface area (Å²) in [5.41, 5.74) is 0.944. The Balaban J connectivity index is 1.96. The van der Waals surface area contributed by atoms with Crippen molar-refractivity contribution >= 4 is 42.6 Å². The number of thiazole rings is 1. The van der Waals surface area contributed by atoms with Gasteiger partial charge < -0.3 is 23.8 Å². The average molecular weight is 581 g/mol. The molecular formula is C26H36N4O7S2. The van der Waals surface area contributed by atoms with E-state index in [0.717, 1.165) is 4.70 Å². The molecule has 0 aliphatic rings. The van der Waals surface area contributed by atoms with Crippen LogP contribution in [0.5, 0.6) is 11.5 Å². The van der Waals surface area contributed by atoms with Gasteiger partial charge in [0.05, 0.1) is 32.3 Å². The van der Waals surface area contributed by atoms with Crippen molar-refractivity contribution in [3.8, 4) is 11.5 Å². The molecule has 0 fully saturated rings. The fraction of sp³-hybridized carbons (Fsp3) is 0.462. The summed E-state index contributed by atoms with van der Waals surface area (Å²) >= 11 is 1.33. The van der Waals surface area contributed by atoms with Crippen molar-refractivity contribution in [1.29, 1.82) is 0 Å². The van der Waals surface area contributed by atoms with Gasteiger partial charge in [0.2, 0.25) is 10.0 Å². The molecule has 0 bridgehead atoms. The molecule has 0 spiro atoms. The van der Waals surface area contributed by atoms with Gasteiger partial charge in [0.15, 0.2) is 5.13 Å². The number of nitrogens with zero attached hydrogens (tertiary/aromatic N) is 4. The first-order valence-electron chi connectivity index (χ1n) is 12.2. The van der Waals surface area contributed by atoms with Crippen molar-refractivity contribution < 1.29 is 32.2 Å². The molecule has 0 atom stereocenters. The zero-order valence-electron chi connectivity index (χ0n) is 23.2. The summed E-state index contributed by atoms with van der Waals surface area (Å²) in [5.74, 6) is 0.915. The van der Waals surface area contributed by atoms with Gasteiger partial charge >= 0.3 is 0 Å². The van der Waals surface area contributed by atoms with E-state index < -0.39 is 10.0 Å². The van der Waals surface area contributed by atoms with Crippen molar-refractivity contribution in [3.05, 3.63) is 42.0 Å². The van der Waals surface area contributed by atoms with Crippen molar-refractivity contribution in [2.75, 3.05) is 86.8 Å². The molecular weight excluding hydrogens is 544 g/mol. The highest BCUT2D eigenvalue weighted by Gasteiger charge is 2.27. The van der Waals surface area contributed by atoms with Crippen LogP contribution in [0.4, 0.5) is 5.13 Å². The van der Waals surface area contributed by atoms with E-state index >= 15 is 0 Å². The maximum absolute atomic E-state index is 13.7. The van der Waals surface area contributed by atoms with E-state index in [0.29, 0.717) is 40.8 Å². The minimum atomic E-state index is -3.81. The van der Waals surface area contributed by atoms with Crippen molar-refractivity contribution in [1.82, 2.24) is 14.2 Å². The van der Waals surface area contributed by atoms with E-state index in [-0.39, 0.29) is 37.1 Å². The minimum Gasteiger partial charge on any atom is -0.495 e. The number of sulfonamides is 1. The summed E-state index contributed by atoms with van der Waals surface area (Å²) in [7, 11) is 6.21. The lowest BCUT2D eigenvalue weighted by Crippen LogP contribution is -2.37. The SMILES string of the molecule is COCCN(CCOC)S(=O)(=O)c1ccc(C(=O)N(CCN(C)C)c2nc3c(OC)ccc(OC)c3s2)cc1. The Kier molecular flexibility index (Phi) is 11.0. The molecule has 0 N–H and O–H groups in total. The number of carbonyl (C=O) groups excluding carboxylic acids is 1. The highest BCUT2D eigenvalue weighted by molar-refractivity contribution is 7.89. The van der Waals surface area contributed by atoms with Gasteiger partial charge in [0.1, 0.15) is 21.7 Å². The van der Waals surface area contributed by atoms with Crippen LogP contribution < -0.4 is 14.4 Å². The second-order valence-corrected chi connectivity index (χ2v) is 11.7. The molecule has 3 rings (SSSR count). The predicted molar refractivity (Wildman–Crippen MR) is 152 cm³/mol. The van der Waals surface area contributed by atoms with Crippen LogP contribution in [-0.2, 0) is 19.5 Å². The number of fused-ring (bicyclic) bond motifs is 1. The molecule has 39 heavy (non-hydrogen) atoms. The molecule has 1 heterocycles. The van der Waals surface area contributed by atoms with Crippen LogP contribution in [0.2, 0.25) is 0 Å². The van der Waals surface area contributed by atoms with Crippen molar-refractivity contribution in [2.24, 2.45) is 0 Å². The maximum Gasteiger partial charge on any atom is 0.260 e. The second-order valence-electron chi connectivity index (χ2n) is 8.82. The number of aromatic nitrogens is 1. The number of hydrogen-bond acceptors (Lipinski definition) is 10. The Labute approximate surface area is 233 Å². The maximum atomic E-state index is 13.7. The molecule has 214 valence electrons. The largest absolute Gasteiger partial charge is 0.495 e. The minimum absolute atomic E-state index is 0.0838. The average Bonchev–Trinajstić information content (AvgIpc) is 3.37. The number of hydrogen-bond donors (Lipinski definition) is 0. The Morgan fingerprint density at radius 1 is 0.846 bits per heavy atom. The summed E-state index contributed by atoms with van der Waals surface area (Å²) in [6.45, 7) is 1.84. The number of carbonyl (C=O) groups is 1. The van der Waals surface area contributed by atoms with Crippen LogP contribution in [0.25, 0.3) is 10.2 Å². The zero-order chi connectivity index (χ0) is 28.6. The van der Waals surface area contributed by atoms with Crippen molar-refractivity contribution in [2.45, 2.75) is 4.90 Å². The monoisotopic (exact) mass is 580 g/mol. The number of anilines is 1. The van der Waals surface area contributed by atoms with E-state index in [4.69, 9.17) is 23.9 Å². The molecule has 2 aromatic carbocycles. The fourth-order valence-corrected chi connectivity index (χ4v) is 6.29. The Morgan fingerprint density at radius 3 is 1.97 bits per heavy atom. The van der Waals surface area contributed by atoms with Gasteiger partial charge in [-0.05, 0) is 50.5 Å². The van der Waals surface area contributed by atoms with Gasteiger partial charge in [-0.15, -0.1) is 0 Å². The normalized spacial score (nSPS) is 11.9. The Morgan fingerprint density at radius 2 is 1.44 bits per heavy atom. The van der Waals surface area contributed by atoms with E-state index in [1.807, 2.05) is 19.0 Å². The van der Waals surface area contributed by atoms with E-state index in [1.165, 1.54) is 54.1 Å². The first kappa shape index (κ1) is 30.7. The summed E-state index contributed by atoms with van der Waals surface area (Å²) in [6, 6.07) is 9.52. The number of ether oxygens (including phenoxy) is 4.